The van der Waals surface area contributed by atoms with Crippen molar-refractivity contribution in [3.05, 3.63) is 113 Å². The van der Waals surface area contributed by atoms with Crippen molar-refractivity contribution in [2.24, 2.45) is 0 Å². The Morgan fingerprint density at radius 3 is 2.59 bits per heavy atom. The molecule has 0 aromatic heterocycles. The summed E-state index contributed by atoms with van der Waals surface area (Å²) in [5, 5.41) is 9.82. The van der Waals surface area contributed by atoms with Crippen molar-refractivity contribution in [1.29, 1.82) is 0 Å². The first kappa shape index (κ1) is 25.5. The number of aliphatic carboxylic acids is 1. The topological polar surface area (TPSA) is 40.5 Å². The summed E-state index contributed by atoms with van der Waals surface area (Å²) >= 11 is 3.25. The quantitative estimate of drug-likeness (QED) is 0.181. The maximum Gasteiger partial charge on any atom is 0.335 e. The van der Waals surface area contributed by atoms with E-state index >= 15 is 0 Å². The molecule has 3 nitrogen and oxygen atoms in total. The van der Waals surface area contributed by atoms with Crippen LogP contribution < -0.4 is 4.90 Å². The van der Waals surface area contributed by atoms with Crippen LogP contribution in [0.3, 0.4) is 0 Å². The largest absolute Gasteiger partial charge is 0.478 e. The molecule has 0 saturated heterocycles. The Labute approximate surface area is 228 Å². The molecule has 2 unspecified atom stereocenters. The van der Waals surface area contributed by atoms with Crippen molar-refractivity contribution >= 4 is 46.9 Å². The van der Waals surface area contributed by atoms with E-state index in [1.165, 1.54) is 52.9 Å². The second-order valence-corrected chi connectivity index (χ2v) is 11.6. The summed E-state index contributed by atoms with van der Waals surface area (Å²) < 4.78 is 0. The number of benzene rings is 3. The molecule has 0 radical (unpaired) electrons. The molecule has 1 N–H and O–H groups in total. The Morgan fingerprint density at radius 2 is 1.86 bits per heavy atom. The van der Waals surface area contributed by atoms with Crippen LogP contribution in [0.2, 0.25) is 0 Å². The minimum atomic E-state index is -0.959. The van der Waals surface area contributed by atoms with Gasteiger partial charge in [-0.05, 0) is 97.3 Å². The van der Waals surface area contributed by atoms with E-state index in [1.54, 1.807) is 23.9 Å². The second-order valence-electron chi connectivity index (χ2n) is 9.56. The Kier molecular flexibility index (Phi) is 7.63. The van der Waals surface area contributed by atoms with Gasteiger partial charge >= 0.3 is 5.97 Å². The van der Waals surface area contributed by atoms with Crippen LogP contribution in [0.25, 0.3) is 6.08 Å². The van der Waals surface area contributed by atoms with Gasteiger partial charge in [0.15, 0.2) is 0 Å². The zero-order valence-electron chi connectivity index (χ0n) is 21.2. The lowest BCUT2D eigenvalue weighted by molar-refractivity contribution is -0.132. The highest BCUT2D eigenvalue weighted by Crippen LogP contribution is 2.52. The van der Waals surface area contributed by atoms with Crippen LogP contribution in [0.1, 0.15) is 41.9 Å². The van der Waals surface area contributed by atoms with E-state index in [1.807, 2.05) is 37.3 Å². The monoisotopic (exact) mass is 525 g/mol. The predicted molar refractivity (Wildman–Crippen MR) is 158 cm³/mol. The van der Waals surface area contributed by atoms with Crippen molar-refractivity contribution in [1.82, 2.24) is 0 Å². The van der Waals surface area contributed by atoms with E-state index in [9.17, 15) is 9.90 Å². The minimum Gasteiger partial charge on any atom is -0.478 e. The van der Waals surface area contributed by atoms with Crippen LogP contribution >= 0.6 is 23.5 Å². The maximum atomic E-state index is 12.0. The number of anilines is 2. The fourth-order valence-corrected chi connectivity index (χ4v) is 6.69. The highest BCUT2D eigenvalue weighted by molar-refractivity contribution is 8.03. The van der Waals surface area contributed by atoms with Crippen LogP contribution in [0.5, 0.6) is 0 Å². The molecule has 5 rings (SSSR count). The summed E-state index contributed by atoms with van der Waals surface area (Å²) in [6, 6.07) is 23.9. The number of thioether (sulfide) groups is 2. The Balaban J connectivity index is 1.39. The number of hydrogen-bond donors (Lipinski definition) is 1. The van der Waals surface area contributed by atoms with E-state index in [0.29, 0.717) is 16.9 Å². The fourth-order valence-electron chi connectivity index (χ4n) is 5.44. The maximum absolute atomic E-state index is 12.0. The van der Waals surface area contributed by atoms with Gasteiger partial charge in [0, 0.05) is 38.0 Å². The fraction of sp³-hybridized carbons (Fsp3) is 0.219. The summed E-state index contributed by atoms with van der Waals surface area (Å²) in [5.41, 5.74) is 6.29. The number of carboxylic acids is 1. The van der Waals surface area contributed by atoms with Gasteiger partial charge in [-0.1, -0.05) is 55.1 Å². The lowest BCUT2D eigenvalue weighted by Crippen LogP contribution is -2.26. The highest BCUT2D eigenvalue weighted by atomic mass is 32.2. The number of fused-ring (bicyclic) bond motifs is 3. The molecule has 0 spiro atoms. The van der Waals surface area contributed by atoms with Gasteiger partial charge in [0.2, 0.25) is 0 Å². The first-order chi connectivity index (χ1) is 17.9. The number of nitrogens with zero attached hydrogens (tertiary/aromatic N) is 1. The molecule has 5 heteroatoms. The molecule has 0 bridgehead atoms. The van der Waals surface area contributed by atoms with Gasteiger partial charge < -0.3 is 10.0 Å². The van der Waals surface area contributed by atoms with Gasteiger partial charge in [-0.25, -0.2) is 4.79 Å². The molecule has 1 saturated carbocycles. The first-order valence-electron chi connectivity index (χ1n) is 12.6. The standard InChI is InChI=1S/C32H31NO2S2/c1-21-7-4-5-10-31(21)37-22(2)19-24(32(34)35)13-11-23-12-18-30-28(20-23)27-8-6-9-29(27)33(30)25-14-16-26(36-3)17-15-25/h4-5,7,10-20,27,29H,2,6,8-9H2,1,3H3,(H,34,35)/b13-11-,24-19-. The molecule has 1 fully saturated rings. The number of aryl methyl sites for hydroxylation is 1. The van der Waals surface area contributed by atoms with E-state index in [2.05, 4.69) is 60.2 Å². The molecular formula is C32H31NO2S2. The Hall–Kier alpha value is -3.15. The third-order valence-electron chi connectivity index (χ3n) is 7.23. The van der Waals surface area contributed by atoms with Crippen molar-refractivity contribution in [3.63, 3.8) is 0 Å². The SMILES string of the molecule is C=C(/C=C(/C=C\c1ccc2c(c1)C1CCCC1N2c1ccc(SC)cc1)C(=O)O)Sc1ccccc1C. The summed E-state index contributed by atoms with van der Waals surface area (Å²) in [7, 11) is 0. The molecule has 3 aromatic rings. The molecule has 1 heterocycles. The molecule has 1 aliphatic heterocycles. The summed E-state index contributed by atoms with van der Waals surface area (Å²) in [6.07, 6.45) is 11.0. The molecule has 3 aromatic carbocycles. The van der Waals surface area contributed by atoms with E-state index in [-0.39, 0.29) is 5.57 Å². The molecule has 2 aliphatic rings. The van der Waals surface area contributed by atoms with Crippen LogP contribution in [0.4, 0.5) is 11.4 Å². The van der Waals surface area contributed by atoms with Crippen LogP contribution in [-0.2, 0) is 4.79 Å². The van der Waals surface area contributed by atoms with Crippen molar-refractivity contribution in [2.75, 3.05) is 11.2 Å². The van der Waals surface area contributed by atoms with Gasteiger partial charge in [-0.3, -0.25) is 0 Å². The third-order valence-corrected chi connectivity index (χ3v) is 9.03. The Bertz CT molecular complexity index is 1390. The minimum absolute atomic E-state index is 0.223. The van der Waals surface area contributed by atoms with Crippen molar-refractivity contribution in [3.8, 4) is 0 Å². The van der Waals surface area contributed by atoms with E-state index in [4.69, 9.17) is 0 Å². The smallest absolute Gasteiger partial charge is 0.335 e. The van der Waals surface area contributed by atoms with Crippen LogP contribution in [0.15, 0.2) is 106 Å². The van der Waals surface area contributed by atoms with E-state index in [0.717, 1.165) is 16.0 Å². The average molecular weight is 526 g/mol. The van der Waals surface area contributed by atoms with Crippen molar-refractivity contribution in [2.45, 2.75) is 47.9 Å². The predicted octanol–water partition coefficient (Wildman–Crippen LogP) is 8.83. The normalized spacial score (nSPS) is 18.8. The summed E-state index contributed by atoms with van der Waals surface area (Å²) in [5.74, 6) is -0.442. The molecule has 2 atom stereocenters. The molecule has 1 aliphatic carbocycles. The number of carbonyl (C=O) groups is 1. The Morgan fingerprint density at radius 1 is 1.08 bits per heavy atom. The zero-order chi connectivity index (χ0) is 25.9. The zero-order valence-corrected chi connectivity index (χ0v) is 22.8. The lowest BCUT2D eigenvalue weighted by atomic mass is 9.95. The highest BCUT2D eigenvalue weighted by Gasteiger charge is 2.42. The van der Waals surface area contributed by atoms with Gasteiger partial charge in [0.25, 0.3) is 0 Å². The van der Waals surface area contributed by atoms with E-state index < -0.39 is 5.97 Å². The number of rotatable bonds is 8. The molecular weight excluding hydrogens is 494 g/mol. The first-order valence-corrected chi connectivity index (χ1v) is 14.6. The van der Waals surface area contributed by atoms with Gasteiger partial charge in [0.05, 0.1) is 5.57 Å². The van der Waals surface area contributed by atoms with Crippen molar-refractivity contribution < 1.29 is 9.90 Å². The van der Waals surface area contributed by atoms with Gasteiger partial charge in [-0.15, -0.1) is 11.8 Å². The molecule has 0 amide bonds. The number of carboxylic acid groups (broad SMARTS) is 1. The summed E-state index contributed by atoms with van der Waals surface area (Å²) in [4.78, 5) is 17.5. The summed E-state index contributed by atoms with van der Waals surface area (Å²) in [6.45, 7) is 6.12. The third kappa shape index (κ3) is 5.43. The molecule has 188 valence electrons. The van der Waals surface area contributed by atoms with Gasteiger partial charge in [-0.2, -0.15) is 0 Å². The van der Waals surface area contributed by atoms with Crippen LogP contribution in [-0.4, -0.2) is 23.4 Å². The van der Waals surface area contributed by atoms with Gasteiger partial charge in [0.1, 0.15) is 0 Å². The molecule has 37 heavy (non-hydrogen) atoms. The second kappa shape index (κ2) is 11.1. The number of allylic oxidation sites excluding steroid dienone is 1. The lowest BCUT2D eigenvalue weighted by Gasteiger charge is -2.27. The average Bonchev–Trinajstić information content (AvgIpc) is 3.49. The number of hydrogen-bond acceptors (Lipinski definition) is 4. The van der Waals surface area contributed by atoms with Crippen LogP contribution in [0, 0.1) is 6.92 Å².